The molecule has 0 amide bonds. The predicted molar refractivity (Wildman–Crippen MR) is 104 cm³/mol. The minimum atomic E-state index is -3.83. The van der Waals surface area contributed by atoms with Gasteiger partial charge in [-0.2, -0.15) is 0 Å². The number of hydrogen-bond acceptors (Lipinski definition) is 4. The monoisotopic (exact) mass is 376 g/mol. The number of carboxylic acid groups (broad SMARTS) is 1. The largest absolute Gasteiger partial charge is 0.478 e. The molecule has 0 bridgehead atoms. The van der Waals surface area contributed by atoms with E-state index in [1.165, 1.54) is 18.2 Å². The molecule has 2 rings (SSSR count). The molecule has 0 saturated carbocycles. The maximum atomic E-state index is 12.8. The van der Waals surface area contributed by atoms with Gasteiger partial charge in [-0.25, -0.2) is 13.2 Å². The first kappa shape index (κ1) is 19.8. The Morgan fingerprint density at radius 1 is 1.19 bits per heavy atom. The van der Waals surface area contributed by atoms with Crippen LogP contribution in [0, 0.1) is 6.92 Å². The van der Waals surface area contributed by atoms with Crippen molar-refractivity contribution in [2.45, 2.75) is 31.6 Å². The van der Waals surface area contributed by atoms with Crippen LogP contribution in [0.1, 0.15) is 35.7 Å². The number of nitrogens with one attached hydrogen (secondary N) is 1. The standard InChI is InChI=1S/C19H24N2O4S/c1-4-5-12-21(3)17-11-10-15(19(22)23)13-16(17)20-26(24,25)18-9-7-6-8-14(18)2/h6-11,13,20H,4-5,12H2,1-3H3,(H,22,23). The smallest absolute Gasteiger partial charge is 0.335 e. The zero-order chi connectivity index (χ0) is 19.3. The molecule has 0 spiro atoms. The lowest BCUT2D eigenvalue weighted by Gasteiger charge is -2.23. The van der Waals surface area contributed by atoms with Gasteiger partial charge in [0.05, 0.1) is 21.8 Å². The van der Waals surface area contributed by atoms with Crippen LogP contribution in [0.25, 0.3) is 0 Å². The number of anilines is 2. The van der Waals surface area contributed by atoms with Gasteiger partial charge >= 0.3 is 5.97 Å². The van der Waals surface area contributed by atoms with Crippen LogP contribution in [0.15, 0.2) is 47.4 Å². The minimum Gasteiger partial charge on any atom is -0.478 e. The van der Waals surface area contributed by atoms with E-state index in [4.69, 9.17) is 0 Å². The van der Waals surface area contributed by atoms with Crippen LogP contribution >= 0.6 is 0 Å². The molecule has 7 heteroatoms. The molecule has 0 heterocycles. The second-order valence-electron chi connectivity index (χ2n) is 6.18. The van der Waals surface area contributed by atoms with Gasteiger partial charge in [-0.15, -0.1) is 0 Å². The van der Waals surface area contributed by atoms with E-state index >= 15 is 0 Å². The summed E-state index contributed by atoms with van der Waals surface area (Å²) in [6.45, 7) is 4.53. The molecule has 2 N–H and O–H groups in total. The summed E-state index contributed by atoms with van der Waals surface area (Å²) in [6.07, 6.45) is 1.95. The summed E-state index contributed by atoms with van der Waals surface area (Å²) in [5, 5.41) is 9.25. The Hall–Kier alpha value is -2.54. The van der Waals surface area contributed by atoms with E-state index in [1.54, 1.807) is 31.2 Å². The summed E-state index contributed by atoms with van der Waals surface area (Å²) in [7, 11) is -1.97. The fraction of sp³-hybridized carbons (Fsp3) is 0.316. The molecule has 0 aliphatic rings. The Balaban J connectivity index is 2.47. The molecule has 0 aliphatic heterocycles. The second-order valence-corrected chi connectivity index (χ2v) is 7.83. The average molecular weight is 376 g/mol. The van der Waals surface area contributed by atoms with Gasteiger partial charge in [0.1, 0.15) is 0 Å². The maximum Gasteiger partial charge on any atom is 0.335 e. The number of carboxylic acids is 1. The highest BCUT2D eigenvalue weighted by Crippen LogP contribution is 2.30. The van der Waals surface area contributed by atoms with E-state index in [-0.39, 0.29) is 16.1 Å². The Morgan fingerprint density at radius 2 is 1.88 bits per heavy atom. The second kappa shape index (κ2) is 8.23. The Bertz CT molecular complexity index is 894. The fourth-order valence-corrected chi connectivity index (χ4v) is 3.97. The summed E-state index contributed by atoms with van der Waals surface area (Å²) in [5.41, 5.74) is 1.54. The molecule has 26 heavy (non-hydrogen) atoms. The first-order chi connectivity index (χ1) is 12.3. The Labute approximate surface area is 154 Å². The molecule has 0 radical (unpaired) electrons. The molecule has 0 aliphatic carbocycles. The maximum absolute atomic E-state index is 12.8. The highest BCUT2D eigenvalue weighted by Gasteiger charge is 2.20. The molecule has 0 saturated heterocycles. The highest BCUT2D eigenvalue weighted by molar-refractivity contribution is 7.92. The molecule has 0 aromatic heterocycles. The van der Waals surface area contributed by atoms with Crippen LogP contribution in [0.2, 0.25) is 0 Å². The van der Waals surface area contributed by atoms with Crippen molar-refractivity contribution in [3.8, 4) is 0 Å². The Morgan fingerprint density at radius 3 is 2.50 bits per heavy atom. The van der Waals surface area contributed by atoms with Crippen molar-refractivity contribution in [3.63, 3.8) is 0 Å². The van der Waals surface area contributed by atoms with E-state index in [0.29, 0.717) is 11.3 Å². The molecule has 6 nitrogen and oxygen atoms in total. The number of hydrogen-bond donors (Lipinski definition) is 2. The molecule has 140 valence electrons. The zero-order valence-corrected chi connectivity index (χ0v) is 16.0. The van der Waals surface area contributed by atoms with Gasteiger partial charge in [0, 0.05) is 13.6 Å². The van der Waals surface area contributed by atoms with Gasteiger partial charge in [0.25, 0.3) is 10.0 Å². The molecule has 0 fully saturated rings. The zero-order valence-electron chi connectivity index (χ0n) is 15.2. The first-order valence-electron chi connectivity index (χ1n) is 8.43. The van der Waals surface area contributed by atoms with Gasteiger partial charge < -0.3 is 10.0 Å². The summed E-state index contributed by atoms with van der Waals surface area (Å²) in [4.78, 5) is 13.4. The highest BCUT2D eigenvalue weighted by atomic mass is 32.2. The van der Waals surface area contributed by atoms with Crippen LogP contribution in [-0.4, -0.2) is 33.1 Å². The van der Waals surface area contributed by atoms with Gasteiger partial charge in [0.15, 0.2) is 0 Å². The Kier molecular flexibility index (Phi) is 6.26. The molecule has 0 atom stereocenters. The summed E-state index contributed by atoms with van der Waals surface area (Å²) >= 11 is 0. The summed E-state index contributed by atoms with van der Waals surface area (Å²) in [5.74, 6) is -1.11. The number of nitrogens with zero attached hydrogens (tertiary/aromatic N) is 1. The van der Waals surface area contributed by atoms with Gasteiger partial charge in [-0.3, -0.25) is 4.72 Å². The quantitative estimate of drug-likeness (QED) is 0.733. The van der Waals surface area contributed by atoms with Crippen LogP contribution in [0.3, 0.4) is 0 Å². The molecule has 0 unspecified atom stereocenters. The van der Waals surface area contributed by atoms with Gasteiger partial charge in [-0.05, 0) is 43.2 Å². The van der Waals surface area contributed by atoms with Crippen molar-refractivity contribution < 1.29 is 18.3 Å². The van der Waals surface area contributed by atoms with E-state index in [2.05, 4.69) is 11.6 Å². The van der Waals surface area contributed by atoms with Crippen molar-refractivity contribution in [2.75, 3.05) is 23.2 Å². The third-order valence-corrected chi connectivity index (χ3v) is 5.65. The van der Waals surface area contributed by atoms with E-state index in [0.717, 1.165) is 19.4 Å². The predicted octanol–water partition coefficient (Wildman–Crippen LogP) is 3.73. The van der Waals surface area contributed by atoms with Crippen LogP contribution in [-0.2, 0) is 10.0 Å². The van der Waals surface area contributed by atoms with Crippen molar-refractivity contribution in [1.82, 2.24) is 0 Å². The number of carbonyl (C=O) groups is 1. The third-order valence-electron chi connectivity index (χ3n) is 4.13. The number of sulfonamides is 1. The van der Waals surface area contributed by atoms with E-state index < -0.39 is 16.0 Å². The molecular formula is C19H24N2O4S. The van der Waals surface area contributed by atoms with Crippen LogP contribution < -0.4 is 9.62 Å². The summed E-state index contributed by atoms with van der Waals surface area (Å²) in [6, 6.07) is 11.1. The molecular weight excluding hydrogens is 352 g/mol. The van der Waals surface area contributed by atoms with Crippen LogP contribution in [0.5, 0.6) is 0 Å². The van der Waals surface area contributed by atoms with Crippen molar-refractivity contribution >= 4 is 27.4 Å². The minimum absolute atomic E-state index is 0.0279. The van der Waals surface area contributed by atoms with Crippen molar-refractivity contribution in [2.24, 2.45) is 0 Å². The van der Waals surface area contributed by atoms with Gasteiger partial charge in [0.2, 0.25) is 0 Å². The number of unbranched alkanes of at least 4 members (excludes halogenated alkanes) is 1. The summed E-state index contributed by atoms with van der Waals surface area (Å²) < 4.78 is 28.2. The SMILES string of the molecule is CCCCN(C)c1ccc(C(=O)O)cc1NS(=O)(=O)c1ccccc1C. The average Bonchev–Trinajstić information content (AvgIpc) is 2.59. The molecule has 2 aromatic rings. The van der Waals surface area contributed by atoms with E-state index in [1.807, 2.05) is 11.9 Å². The fourth-order valence-electron chi connectivity index (χ4n) is 2.66. The van der Waals surface area contributed by atoms with E-state index in [9.17, 15) is 18.3 Å². The number of benzene rings is 2. The molecule has 2 aromatic carbocycles. The number of aromatic carboxylic acids is 1. The van der Waals surface area contributed by atoms with Gasteiger partial charge in [-0.1, -0.05) is 31.5 Å². The van der Waals surface area contributed by atoms with Crippen molar-refractivity contribution in [1.29, 1.82) is 0 Å². The number of aryl methyl sites for hydroxylation is 1. The lowest BCUT2D eigenvalue weighted by molar-refractivity contribution is 0.0697. The number of rotatable bonds is 8. The third kappa shape index (κ3) is 4.54. The van der Waals surface area contributed by atoms with Crippen LogP contribution in [0.4, 0.5) is 11.4 Å². The lowest BCUT2D eigenvalue weighted by atomic mass is 10.1. The lowest BCUT2D eigenvalue weighted by Crippen LogP contribution is -2.22. The van der Waals surface area contributed by atoms with Crippen molar-refractivity contribution in [3.05, 3.63) is 53.6 Å². The topological polar surface area (TPSA) is 86.7 Å². The first-order valence-corrected chi connectivity index (χ1v) is 9.91. The normalized spacial score (nSPS) is 11.2.